The quantitative estimate of drug-likeness (QED) is 0.0217. The van der Waals surface area contributed by atoms with Gasteiger partial charge in [-0.3, -0.25) is 19.8 Å². The molecule has 0 bridgehead atoms. The molecule has 0 atom stereocenters. The molecule has 59 heavy (non-hydrogen) atoms. The molecule has 0 fully saturated rings. The summed E-state index contributed by atoms with van der Waals surface area (Å²) in [5, 5.41) is 17.1. The number of hydrogen-bond donors (Lipinski definition) is 8. The van der Waals surface area contributed by atoms with Gasteiger partial charge < -0.3 is 46.5 Å². The zero-order chi connectivity index (χ0) is 44.0. The van der Waals surface area contributed by atoms with Gasteiger partial charge in [-0.2, -0.15) is 0 Å². The summed E-state index contributed by atoms with van der Waals surface area (Å²) in [6.07, 6.45) is 5.96. The fraction of sp³-hybridized carbons (Fsp3) is 0.548. The van der Waals surface area contributed by atoms with E-state index in [4.69, 9.17) is 30.4 Å². The third kappa shape index (κ3) is 18.9. The molecule has 2 rings (SSSR count). The third-order valence-electron chi connectivity index (χ3n) is 8.48. The number of anilines is 1. The van der Waals surface area contributed by atoms with Crippen LogP contribution < -0.4 is 38.1 Å². The van der Waals surface area contributed by atoms with Crippen molar-refractivity contribution in [1.29, 1.82) is 5.41 Å². The van der Waals surface area contributed by atoms with Crippen LogP contribution in [0.15, 0.2) is 41.0 Å². The van der Waals surface area contributed by atoms with Crippen molar-refractivity contribution >= 4 is 35.4 Å². The summed E-state index contributed by atoms with van der Waals surface area (Å²) in [5.74, 6) is -0.166. The van der Waals surface area contributed by atoms with Gasteiger partial charge in [-0.05, 0) is 103 Å². The summed E-state index contributed by atoms with van der Waals surface area (Å²) >= 11 is 0. The Morgan fingerprint density at radius 2 is 1.73 bits per heavy atom. The number of hydrogen-bond acceptors (Lipinski definition) is 13. The lowest BCUT2D eigenvalue weighted by Gasteiger charge is -2.23. The molecule has 1 aromatic heterocycles. The summed E-state index contributed by atoms with van der Waals surface area (Å²) in [4.78, 5) is 65.2. The molecule has 0 radical (unpaired) electrons. The molecule has 0 aliphatic heterocycles. The number of benzene rings is 1. The van der Waals surface area contributed by atoms with Crippen LogP contribution in [-0.2, 0) is 37.0 Å². The van der Waals surface area contributed by atoms with Crippen LogP contribution in [0.25, 0.3) is 5.57 Å². The fourth-order valence-electron chi connectivity index (χ4n) is 5.67. The maximum Gasteiger partial charge on any atom is 0.407 e. The van der Waals surface area contributed by atoms with E-state index < -0.39 is 17.6 Å². The van der Waals surface area contributed by atoms with Gasteiger partial charge >= 0.3 is 6.09 Å². The number of allylic oxidation sites excluding steroid dienone is 3. The van der Waals surface area contributed by atoms with Crippen molar-refractivity contribution in [2.24, 2.45) is 5.73 Å². The number of H-pyrrole nitrogens is 1. The summed E-state index contributed by atoms with van der Waals surface area (Å²) in [6, 6.07) is 5.63. The van der Waals surface area contributed by atoms with Crippen molar-refractivity contribution in [2.75, 3.05) is 57.9 Å². The number of carbonyl (C=O) groups excluding carboxylic acids is 3. The standard InChI is InChI=1S/C42H67N9O8/c1-10-12-31-23-30(6)49-40(54)35(31)27-46-39(53)33-24-32(25-36(34(33)26-43)48-28(3)4)29(5)13-14-37(44)51(11-2)18-16-47-50-38(52)15-19-57-58-22-21-56-20-17-45-41(55)59-42(7,8)9/h13-14,23-26,28,43,47-48H,10-12,15-22,27,44H2,1-9H3,(H,45,55)(H,46,53)(H,49,54)(H,50,52)/b29-13+,37-14+,43-26?. The number of alkyl carbamates (subject to hydrolysis) is 1. The van der Waals surface area contributed by atoms with E-state index in [9.17, 15) is 19.2 Å². The Morgan fingerprint density at radius 3 is 2.39 bits per heavy atom. The zero-order valence-electron chi connectivity index (χ0n) is 36.3. The monoisotopic (exact) mass is 826 g/mol. The Bertz CT molecular complexity index is 1800. The molecule has 2 aromatic rings. The van der Waals surface area contributed by atoms with E-state index >= 15 is 0 Å². The number of rotatable bonds is 26. The summed E-state index contributed by atoms with van der Waals surface area (Å²) in [6.45, 7) is 19.7. The van der Waals surface area contributed by atoms with E-state index in [1.807, 2.05) is 64.7 Å². The van der Waals surface area contributed by atoms with Gasteiger partial charge in [-0.25, -0.2) is 20.0 Å². The smallest absolute Gasteiger partial charge is 0.407 e. The number of aryl methyl sites for hydroxylation is 2. The number of nitrogens with zero attached hydrogens (tertiary/aromatic N) is 1. The van der Waals surface area contributed by atoms with E-state index in [1.165, 1.54) is 0 Å². The topological polar surface area (TPSA) is 234 Å². The van der Waals surface area contributed by atoms with Crippen LogP contribution in [0, 0.1) is 12.3 Å². The number of amides is 3. The van der Waals surface area contributed by atoms with E-state index in [2.05, 4.69) is 31.8 Å². The molecule has 0 aliphatic carbocycles. The van der Waals surface area contributed by atoms with Gasteiger partial charge in [0.05, 0.1) is 37.6 Å². The lowest BCUT2D eigenvalue weighted by atomic mass is 9.96. The van der Waals surface area contributed by atoms with Gasteiger partial charge in [0, 0.05) is 67.5 Å². The molecular weight excluding hydrogens is 759 g/mol. The number of ether oxygens (including phenoxy) is 2. The van der Waals surface area contributed by atoms with Gasteiger partial charge in [0.2, 0.25) is 5.91 Å². The normalized spacial score (nSPS) is 12.0. The second kappa shape index (κ2) is 26.0. The molecule has 1 aromatic carbocycles. The van der Waals surface area contributed by atoms with Crippen LogP contribution in [0.2, 0.25) is 0 Å². The number of aromatic nitrogens is 1. The minimum Gasteiger partial charge on any atom is -0.444 e. The SMILES string of the molecule is CCCc1cc(C)[nH]c(=O)c1CNC(=O)c1cc(/C(C)=C/C=C(\N)N(CC)CCNNC(=O)CCOOCCOCCNC(=O)OC(C)(C)C)cc(NC(C)C)c1C=N. The molecule has 0 aliphatic rings. The van der Waals surface area contributed by atoms with Gasteiger partial charge in [0.15, 0.2) is 0 Å². The number of hydrazine groups is 1. The second-order valence-electron chi connectivity index (χ2n) is 15.1. The summed E-state index contributed by atoms with van der Waals surface area (Å²) in [5.41, 5.74) is 16.4. The number of likely N-dealkylation sites (N-methyl/N-ethyl adjacent to an activating group) is 1. The van der Waals surface area contributed by atoms with Crippen LogP contribution in [0.5, 0.6) is 0 Å². The first-order valence-electron chi connectivity index (χ1n) is 20.1. The van der Waals surface area contributed by atoms with Crippen molar-refractivity contribution in [2.45, 2.75) is 99.8 Å². The van der Waals surface area contributed by atoms with Crippen molar-refractivity contribution in [3.05, 3.63) is 80.0 Å². The van der Waals surface area contributed by atoms with E-state index in [0.29, 0.717) is 54.4 Å². The van der Waals surface area contributed by atoms with Gasteiger partial charge in [0.1, 0.15) is 12.2 Å². The van der Waals surface area contributed by atoms with Crippen LogP contribution in [0.3, 0.4) is 0 Å². The molecule has 0 saturated heterocycles. The predicted octanol–water partition coefficient (Wildman–Crippen LogP) is 4.41. The van der Waals surface area contributed by atoms with Crippen molar-refractivity contribution < 1.29 is 33.6 Å². The van der Waals surface area contributed by atoms with Gasteiger partial charge in [-0.1, -0.05) is 19.4 Å². The number of pyridine rings is 1. The van der Waals surface area contributed by atoms with E-state index in [1.54, 1.807) is 32.9 Å². The van der Waals surface area contributed by atoms with Crippen LogP contribution in [0.1, 0.15) is 107 Å². The first-order chi connectivity index (χ1) is 28.0. The lowest BCUT2D eigenvalue weighted by molar-refractivity contribution is -0.298. The number of nitrogens with two attached hydrogens (primary N) is 1. The highest BCUT2D eigenvalue weighted by Crippen LogP contribution is 2.27. The highest BCUT2D eigenvalue weighted by Gasteiger charge is 2.19. The number of aromatic amines is 1. The molecule has 1 heterocycles. The average Bonchev–Trinajstić information content (AvgIpc) is 3.15. The van der Waals surface area contributed by atoms with Crippen molar-refractivity contribution in [3.8, 4) is 0 Å². The lowest BCUT2D eigenvalue weighted by Crippen LogP contribution is -2.43. The Labute approximate surface area is 348 Å². The molecule has 0 spiro atoms. The molecule has 0 saturated carbocycles. The van der Waals surface area contributed by atoms with E-state index in [0.717, 1.165) is 41.5 Å². The predicted molar refractivity (Wildman–Crippen MR) is 231 cm³/mol. The molecule has 0 unspecified atom stereocenters. The molecule has 17 nitrogen and oxygen atoms in total. The maximum absolute atomic E-state index is 13.7. The third-order valence-corrected chi connectivity index (χ3v) is 8.48. The minimum absolute atomic E-state index is 0.0337. The summed E-state index contributed by atoms with van der Waals surface area (Å²) < 4.78 is 10.5. The fourth-order valence-corrected chi connectivity index (χ4v) is 5.67. The molecule has 328 valence electrons. The van der Waals surface area contributed by atoms with Crippen LogP contribution in [0.4, 0.5) is 10.5 Å². The Morgan fingerprint density at radius 1 is 1.00 bits per heavy atom. The molecule has 17 heteroatoms. The maximum atomic E-state index is 13.7. The Kier molecular flexibility index (Phi) is 22.0. The number of nitrogens with one attached hydrogen (secondary N) is 7. The largest absolute Gasteiger partial charge is 0.444 e. The van der Waals surface area contributed by atoms with Crippen molar-refractivity contribution in [3.63, 3.8) is 0 Å². The minimum atomic E-state index is -0.565. The Balaban J connectivity index is 1.92. The molecular formula is C42H67N9O8. The van der Waals surface area contributed by atoms with Crippen LogP contribution in [-0.4, -0.2) is 98.3 Å². The molecule has 9 N–H and O–H groups in total. The first kappa shape index (κ1) is 49.9. The van der Waals surface area contributed by atoms with Gasteiger partial charge in [-0.15, -0.1) is 0 Å². The highest BCUT2D eigenvalue weighted by molar-refractivity contribution is 6.06. The highest BCUT2D eigenvalue weighted by atomic mass is 17.2. The average molecular weight is 826 g/mol. The zero-order valence-corrected chi connectivity index (χ0v) is 36.3. The number of carbonyl (C=O) groups is 3. The first-order valence-corrected chi connectivity index (χ1v) is 20.1. The summed E-state index contributed by atoms with van der Waals surface area (Å²) in [7, 11) is 0. The molecule has 3 amide bonds. The van der Waals surface area contributed by atoms with Gasteiger partial charge in [0.25, 0.3) is 11.5 Å². The Hall–Kier alpha value is -5.23. The van der Waals surface area contributed by atoms with Crippen LogP contribution >= 0.6 is 0 Å². The van der Waals surface area contributed by atoms with E-state index in [-0.39, 0.29) is 56.9 Å². The van der Waals surface area contributed by atoms with Crippen molar-refractivity contribution in [1.82, 2.24) is 31.4 Å². The second-order valence-corrected chi connectivity index (χ2v) is 15.1.